The molecule has 1 aromatic heterocycles. The Hall–Kier alpha value is -2.10. The Labute approximate surface area is 117 Å². The number of nitrogens with zero attached hydrogens (tertiary/aromatic N) is 1. The minimum absolute atomic E-state index is 0.0604. The first-order chi connectivity index (χ1) is 9.75. The van der Waals surface area contributed by atoms with Gasteiger partial charge in [0.15, 0.2) is 0 Å². The van der Waals surface area contributed by atoms with Crippen molar-refractivity contribution in [1.29, 1.82) is 0 Å². The summed E-state index contributed by atoms with van der Waals surface area (Å²) in [4.78, 5) is 29.1. The van der Waals surface area contributed by atoms with Gasteiger partial charge in [0.25, 0.3) is 11.5 Å². The van der Waals surface area contributed by atoms with Crippen molar-refractivity contribution in [1.82, 2.24) is 9.88 Å². The number of nitrogens with one attached hydrogen (secondary N) is 1. The number of aromatic nitrogens is 1. The van der Waals surface area contributed by atoms with E-state index in [4.69, 9.17) is 0 Å². The molecule has 1 N–H and O–H groups in total. The second kappa shape index (κ2) is 5.49. The second-order valence-corrected chi connectivity index (χ2v) is 5.31. The van der Waals surface area contributed by atoms with Gasteiger partial charge >= 0.3 is 0 Å². The summed E-state index contributed by atoms with van der Waals surface area (Å²) in [5.74, 6) is -0.0604. The summed E-state index contributed by atoms with van der Waals surface area (Å²) < 4.78 is 0. The Morgan fingerprint density at radius 3 is 2.50 bits per heavy atom. The third-order valence-electron chi connectivity index (χ3n) is 3.88. The third kappa shape index (κ3) is 2.46. The fraction of sp³-hybridized carbons (Fsp3) is 0.375. The van der Waals surface area contributed by atoms with E-state index in [-0.39, 0.29) is 11.5 Å². The van der Waals surface area contributed by atoms with Crippen LogP contribution in [0.25, 0.3) is 10.8 Å². The highest BCUT2D eigenvalue weighted by Crippen LogP contribution is 2.14. The quantitative estimate of drug-likeness (QED) is 0.865. The van der Waals surface area contributed by atoms with Crippen LogP contribution in [0, 0.1) is 0 Å². The van der Waals surface area contributed by atoms with Crippen LogP contribution >= 0.6 is 0 Å². The van der Waals surface area contributed by atoms with Crippen LogP contribution < -0.4 is 5.56 Å². The number of hydrogen-bond acceptors (Lipinski definition) is 2. The molecule has 1 fully saturated rings. The Morgan fingerprint density at radius 2 is 1.75 bits per heavy atom. The molecule has 1 amide bonds. The zero-order valence-electron chi connectivity index (χ0n) is 11.4. The van der Waals surface area contributed by atoms with Crippen LogP contribution in [-0.2, 0) is 0 Å². The lowest BCUT2D eigenvalue weighted by atomic mass is 10.1. The number of aromatic amines is 1. The molecule has 1 aliphatic rings. The van der Waals surface area contributed by atoms with Gasteiger partial charge in [0.05, 0.1) is 0 Å². The fourth-order valence-corrected chi connectivity index (χ4v) is 2.77. The van der Waals surface area contributed by atoms with Crippen molar-refractivity contribution in [3.8, 4) is 0 Å². The first-order valence-electron chi connectivity index (χ1n) is 7.17. The minimum Gasteiger partial charge on any atom is -0.337 e. The maximum atomic E-state index is 12.5. The number of likely N-dealkylation sites (tertiary alicyclic amines) is 1. The van der Waals surface area contributed by atoms with Gasteiger partial charge in [-0.3, -0.25) is 9.59 Å². The number of fused-ring (bicyclic) bond motifs is 1. The molecule has 20 heavy (non-hydrogen) atoms. The Kier molecular flexibility index (Phi) is 3.54. The van der Waals surface area contributed by atoms with Gasteiger partial charge in [-0.25, -0.2) is 0 Å². The second-order valence-electron chi connectivity index (χ2n) is 5.31. The first kappa shape index (κ1) is 12.9. The number of carbonyl (C=O) groups excluding carboxylic acids is 1. The molecule has 2 heterocycles. The molecule has 2 aromatic rings. The lowest BCUT2D eigenvalue weighted by Crippen LogP contribution is -2.33. The van der Waals surface area contributed by atoms with Crippen molar-refractivity contribution < 1.29 is 4.79 Å². The van der Waals surface area contributed by atoms with Gasteiger partial charge in [0.2, 0.25) is 0 Å². The predicted octanol–water partition coefficient (Wildman–Crippen LogP) is 2.54. The third-order valence-corrected chi connectivity index (χ3v) is 3.88. The van der Waals surface area contributed by atoms with Gasteiger partial charge in [-0.15, -0.1) is 0 Å². The summed E-state index contributed by atoms with van der Waals surface area (Å²) in [7, 11) is 0. The van der Waals surface area contributed by atoms with Crippen LogP contribution in [0.1, 0.15) is 36.2 Å². The van der Waals surface area contributed by atoms with E-state index >= 15 is 0 Å². The van der Waals surface area contributed by atoms with Crippen molar-refractivity contribution in [3.63, 3.8) is 0 Å². The topological polar surface area (TPSA) is 53.2 Å². The molecule has 4 nitrogen and oxygen atoms in total. The monoisotopic (exact) mass is 270 g/mol. The molecule has 0 saturated carbocycles. The predicted molar refractivity (Wildman–Crippen MR) is 78.9 cm³/mol. The van der Waals surface area contributed by atoms with Crippen molar-refractivity contribution >= 4 is 16.7 Å². The minimum atomic E-state index is -0.193. The number of H-pyrrole nitrogens is 1. The van der Waals surface area contributed by atoms with E-state index in [9.17, 15) is 9.59 Å². The van der Waals surface area contributed by atoms with Gasteiger partial charge < -0.3 is 9.88 Å². The number of rotatable bonds is 1. The number of benzene rings is 1. The SMILES string of the molecule is O=C(c1cc2ccccc2c(=O)[nH]1)N1CCCCCC1. The average molecular weight is 270 g/mol. The van der Waals surface area contributed by atoms with Crippen LogP contribution in [-0.4, -0.2) is 28.9 Å². The number of hydrogen-bond donors (Lipinski definition) is 1. The molecule has 0 radical (unpaired) electrons. The Balaban J connectivity index is 1.97. The van der Waals surface area contributed by atoms with E-state index < -0.39 is 0 Å². The average Bonchev–Trinajstić information content (AvgIpc) is 2.75. The molecule has 0 aliphatic carbocycles. The van der Waals surface area contributed by atoms with Crippen LogP contribution in [0.3, 0.4) is 0 Å². The highest BCUT2D eigenvalue weighted by molar-refractivity contribution is 5.96. The smallest absolute Gasteiger partial charge is 0.270 e. The number of pyridine rings is 1. The lowest BCUT2D eigenvalue weighted by Gasteiger charge is -2.20. The fourth-order valence-electron chi connectivity index (χ4n) is 2.77. The number of carbonyl (C=O) groups is 1. The first-order valence-corrected chi connectivity index (χ1v) is 7.17. The summed E-state index contributed by atoms with van der Waals surface area (Å²) in [5, 5.41) is 1.44. The highest BCUT2D eigenvalue weighted by atomic mass is 16.2. The van der Waals surface area contributed by atoms with E-state index in [1.54, 1.807) is 12.1 Å². The van der Waals surface area contributed by atoms with E-state index in [2.05, 4.69) is 4.98 Å². The van der Waals surface area contributed by atoms with Crippen LogP contribution in [0.15, 0.2) is 35.1 Å². The standard InChI is InChI=1S/C16H18N2O2/c19-15-13-8-4-3-7-12(13)11-14(17-15)16(20)18-9-5-1-2-6-10-18/h3-4,7-8,11H,1-2,5-6,9-10H2,(H,17,19). The van der Waals surface area contributed by atoms with Crippen molar-refractivity contribution in [2.45, 2.75) is 25.7 Å². The normalized spacial score (nSPS) is 16.1. The van der Waals surface area contributed by atoms with E-state index in [1.807, 2.05) is 23.1 Å². The molecule has 3 rings (SSSR count). The van der Waals surface area contributed by atoms with Gasteiger partial charge in [-0.05, 0) is 30.4 Å². The molecule has 1 aliphatic heterocycles. The molecule has 0 spiro atoms. The van der Waals surface area contributed by atoms with Crippen molar-refractivity contribution in [3.05, 3.63) is 46.4 Å². The summed E-state index contributed by atoms with van der Waals surface area (Å²) in [5.41, 5.74) is 0.205. The maximum absolute atomic E-state index is 12.5. The summed E-state index contributed by atoms with van der Waals surface area (Å²) in [6.07, 6.45) is 4.45. The molecule has 0 atom stereocenters. The van der Waals surface area contributed by atoms with Gasteiger partial charge in [-0.2, -0.15) is 0 Å². The maximum Gasteiger partial charge on any atom is 0.270 e. The molecule has 0 bridgehead atoms. The molecule has 4 heteroatoms. The largest absolute Gasteiger partial charge is 0.337 e. The van der Waals surface area contributed by atoms with E-state index in [0.717, 1.165) is 31.3 Å². The summed E-state index contributed by atoms with van der Waals surface area (Å²) in [6, 6.07) is 9.12. The van der Waals surface area contributed by atoms with Crippen LogP contribution in [0.2, 0.25) is 0 Å². The molecule has 1 saturated heterocycles. The molecule has 1 aromatic carbocycles. The summed E-state index contributed by atoms with van der Waals surface area (Å²) in [6.45, 7) is 1.57. The summed E-state index contributed by atoms with van der Waals surface area (Å²) >= 11 is 0. The Morgan fingerprint density at radius 1 is 1.05 bits per heavy atom. The van der Waals surface area contributed by atoms with Gasteiger partial charge in [0.1, 0.15) is 5.69 Å². The molecular weight excluding hydrogens is 252 g/mol. The Bertz CT molecular complexity index is 682. The molecule has 104 valence electrons. The van der Waals surface area contributed by atoms with E-state index in [0.29, 0.717) is 11.1 Å². The van der Waals surface area contributed by atoms with E-state index in [1.165, 1.54) is 12.8 Å². The van der Waals surface area contributed by atoms with Gasteiger partial charge in [0, 0.05) is 18.5 Å². The lowest BCUT2D eigenvalue weighted by molar-refractivity contribution is 0.0755. The highest BCUT2D eigenvalue weighted by Gasteiger charge is 2.18. The van der Waals surface area contributed by atoms with Crippen LogP contribution in [0.4, 0.5) is 0 Å². The van der Waals surface area contributed by atoms with Gasteiger partial charge in [-0.1, -0.05) is 31.0 Å². The zero-order valence-corrected chi connectivity index (χ0v) is 11.4. The number of amides is 1. The zero-order chi connectivity index (χ0) is 13.9. The van der Waals surface area contributed by atoms with Crippen LogP contribution in [0.5, 0.6) is 0 Å². The van der Waals surface area contributed by atoms with Crippen molar-refractivity contribution in [2.75, 3.05) is 13.1 Å². The van der Waals surface area contributed by atoms with Crippen molar-refractivity contribution in [2.24, 2.45) is 0 Å². The molecular formula is C16H18N2O2. The molecule has 0 unspecified atom stereocenters.